The Morgan fingerprint density at radius 1 is 1.15 bits per heavy atom. The standard InChI is InChI=1S/C20H25ClN2O3S/c1-5-23(27(25,26)19-12-14(2)6-7-15(19)3)13-20(24)22-16(4)17-8-10-18(21)11-9-17/h6-12,16H,5,13H2,1-4H3,(H,22,24). The highest BCUT2D eigenvalue weighted by Crippen LogP contribution is 2.21. The maximum atomic E-state index is 13.0. The number of nitrogens with zero attached hydrogens (tertiary/aromatic N) is 1. The summed E-state index contributed by atoms with van der Waals surface area (Å²) in [5, 5.41) is 3.46. The fraction of sp³-hybridized carbons (Fsp3) is 0.350. The Balaban J connectivity index is 2.14. The van der Waals surface area contributed by atoms with Gasteiger partial charge in [-0.3, -0.25) is 4.79 Å². The fourth-order valence-electron chi connectivity index (χ4n) is 2.77. The van der Waals surface area contributed by atoms with E-state index in [9.17, 15) is 13.2 Å². The molecule has 1 N–H and O–H groups in total. The first kappa shape index (κ1) is 21.4. The lowest BCUT2D eigenvalue weighted by Crippen LogP contribution is -2.41. The van der Waals surface area contributed by atoms with Gasteiger partial charge in [-0.05, 0) is 55.7 Å². The maximum Gasteiger partial charge on any atom is 0.243 e. The van der Waals surface area contributed by atoms with Crippen molar-refractivity contribution in [3.05, 3.63) is 64.2 Å². The number of carbonyl (C=O) groups excluding carboxylic acids is 1. The van der Waals surface area contributed by atoms with Crippen molar-refractivity contribution in [2.24, 2.45) is 0 Å². The molecule has 27 heavy (non-hydrogen) atoms. The summed E-state index contributed by atoms with van der Waals surface area (Å²) in [6.07, 6.45) is 0. The van der Waals surface area contributed by atoms with Crippen LogP contribution in [0.1, 0.15) is 36.6 Å². The van der Waals surface area contributed by atoms with Gasteiger partial charge in [0.15, 0.2) is 0 Å². The molecule has 0 spiro atoms. The summed E-state index contributed by atoms with van der Waals surface area (Å²) >= 11 is 5.88. The Labute approximate surface area is 166 Å². The molecule has 0 saturated carbocycles. The van der Waals surface area contributed by atoms with Gasteiger partial charge >= 0.3 is 0 Å². The molecule has 0 saturated heterocycles. The third kappa shape index (κ3) is 5.31. The zero-order valence-electron chi connectivity index (χ0n) is 16.0. The van der Waals surface area contributed by atoms with Crippen LogP contribution < -0.4 is 5.32 Å². The minimum absolute atomic E-state index is 0.207. The van der Waals surface area contributed by atoms with Crippen molar-refractivity contribution in [1.29, 1.82) is 0 Å². The lowest BCUT2D eigenvalue weighted by molar-refractivity contribution is -0.121. The Hall–Kier alpha value is -1.89. The molecule has 0 heterocycles. The van der Waals surface area contributed by atoms with Crippen LogP contribution in [0.25, 0.3) is 0 Å². The number of likely N-dealkylation sites (N-methyl/N-ethyl adjacent to an activating group) is 1. The van der Waals surface area contributed by atoms with Crippen LogP contribution in [0, 0.1) is 13.8 Å². The van der Waals surface area contributed by atoms with E-state index < -0.39 is 10.0 Å². The summed E-state index contributed by atoms with van der Waals surface area (Å²) in [4.78, 5) is 12.7. The summed E-state index contributed by atoms with van der Waals surface area (Å²) in [6, 6.07) is 12.2. The molecule has 2 aromatic rings. The molecule has 0 radical (unpaired) electrons. The summed E-state index contributed by atoms with van der Waals surface area (Å²) in [6.45, 7) is 7.13. The zero-order valence-corrected chi connectivity index (χ0v) is 17.6. The van der Waals surface area contributed by atoms with E-state index in [0.717, 1.165) is 11.1 Å². The first-order valence-electron chi connectivity index (χ1n) is 8.77. The number of sulfonamides is 1. The van der Waals surface area contributed by atoms with Gasteiger partial charge in [-0.2, -0.15) is 4.31 Å². The quantitative estimate of drug-likeness (QED) is 0.756. The van der Waals surface area contributed by atoms with Crippen LogP contribution in [0.4, 0.5) is 0 Å². The lowest BCUT2D eigenvalue weighted by Gasteiger charge is -2.23. The van der Waals surface area contributed by atoms with Crippen molar-refractivity contribution < 1.29 is 13.2 Å². The van der Waals surface area contributed by atoms with Crippen molar-refractivity contribution in [2.45, 2.75) is 38.6 Å². The minimum Gasteiger partial charge on any atom is -0.348 e. The van der Waals surface area contributed by atoms with E-state index in [0.29, 0.717) is 10.6 Å². The molecule has 5 nitrogen and oxygen atoms in total. The summed E-state index contributed by atoms with van der Waals surface area (Å²) in [7, 11) is -3.75. The Morgan fingerprint density at radius 3 is 2.37 bits per heavy atom. The molecule has 0 bridgehead atoms. The van der Waals surface area contributed by atoms with Crippen LogP contribution in [0.3, 0.4) is 0 Å². The minimum atomic E-state index is -3.75. The van der Waals surface area contributed by atoms with Gasteiger partial charge in [0.1, 0.15) is 0 Å². The van der Waals surface area contributed by atoms with E-state index in [4.69, 9.17) is 11.6 Å². The van der Waals surface area contributed by atoms with Gasteiger partial charge in [0.25, 0.3) is 0 Å². The molecule has 0 aromatic heterocycles. The first-order chi connectivity index (χ1) is 12.6. The largest absolute Gasteiger partial charge is 0.348 e. The van der Waals surface area contributed by atoms with Crippen LogP contribution in [0.5, 0.6) is 0 Å². The molecule has 1 amide bonds. The van der Waals surface area contributed by atoms with Crippen LogP contribution in [-0.4, -0.2) is 31.7 Å². The van der Waals surface area contributed by atoms with Crippen molar-refractivity contribution in [2.75, 3.05) is 13.1 Å². The van der Waals surface area contributed by atoms with Crippen LogP contribution >= 0.6 is 11.6 Å². The number of amides is 1. The van der Waals surface area contributed by atoms with Crippen molar-refractivity contribution >= 4 is 27.5 Å². The topological polar surface area (TPSA) is 66.5 Å². The van der Waals surface area contributed by atoms with E-state index in [1.807, 2.05) is 32.0 Å². The van der Waals surface area contributed by atoms with Crippen molar-refractivity contribution in [1.82, 2.24) is 9.62 Å². The number of carbonyl (C=O) groups is 1. The summed E-state index contributed by atoms with van der Waals surface area (Å²) < 4.78 is 27.2. The molecule has 1 atom stereocenters. The van der Waals surface area contributed by atoms with Gasteiger partial charge < -0.3 is 5.32 Å². The highest BCUT2D eigenvalue weighted by Gasteiger charge is 2.27. The molecule has 7 heteroatoms. The van der Waals surface area contributed by atoms with Gasteiger partial charge in [-0.25, -0.2) is 8.42 Å². The predicted octanol–water partition coefficient (Wildman–Crippen LogP) is 3.84. The fourth-order valence-corrected chi connectivity index (χ4v) is 4.61. The molecule has 0 aliphatic rings. The van der Waals surface area contributed by atoms with E-state index in [1.165, 1.54) is 4.31 Å². The average molecular weight is 409 g/mol. The van der Waals surface area contributed by atoms with Crippen molar-refractivity contribution in [3.63, 3.8) is 0 Å². The summed E-state index contributed by atoms with van der Waals surface area (Å²) in [5.41, 5.74) is 2.42. The lowest BCUT2D eigenvalue weighted by atomic mass is 10.1. The second-order valence-corrected chi connectivity index (χ2v) is 8.88. The van der Waals surface area contributed by atoms with E-state index in [2.05, 4.69) is 5.32 Å². The Kier molecular flexibility index (Phi) is 7.03. The Morgan fingerprint density at radius 2 is 1.78 bits per heavy atom. The molecule has 2 aromatic carbocycles. The average Bonchev–Trinajstić information content (AvgIpc) is 2.61. The summed E-state index contributed by atoms with van der Waals surface area (Å²) in [5.74, 6) is -0.354. The monoisotopic (exact) mass is 408 g/mol. The second kappa shape index (κ2) is 8.87. The molecular formula is C20H25ClN2O3S. The second-order valence-electron chi connectivity index (χ2n) is 6.54. The number of hydrogen-bond donors (Lipinski definition) is 1. The van der Waals surface area contributed by atoms with Crippen LogP contribution in [-0.2, 0) is 14.8 Å². The van der Waals surface area contributed by atoms with Gasteiger partial charge in [0.05, 0.1) is 17.5 Å². The zero-order chi connectivity index (χ0) is 20.2. The number of nitrogens with one attached hydrogen (secondary N) is 1. The molecular weight excluding hydrogens is 384 g/mol. The van der Waals surface area contributed by atoms with E-state index in [-0.39, 0.29) is 29.9 Å². The van der Waals surface area contributed by atoms with E-state index >= 15 is 0 Å². The maximum absolute atomic E-state index is 13.0. The third-order valence-corrected chi connectivity index (χ3v) is 6.70. The van der Waals surface area contributed by atoms with Gasteiger partial charge in [-0.1, -0.05) is 42.8 Å². The Bertz CT molecular complexity index is 911. The van der Waals surface area contributed by atoms with E-state index in [1.54, 1.807) is 38.1 Å². The number of rotatable bonds is 7. The number of benzene rings is 2. The normalized spacial score (nSPS) is 12.8. The molecule has 0 aliphatic carbocycles. The van der Waals surface area contributed by atoms with Gasteiger partial charge in [-0.15, -0.1) is 0 Å². The van der Waals surface area contributed by atoms with Gasteiger partial charge in [0, 0.05) is 11.6 Å². The SMILES string of the molecule is CCN(CC(=O)NC(C)c1ccc(Cl)cc1)S(=O)(=O)c1cc(C)ccc1C. The molecule has 1 unspecified atom stereocenters. The van der Waals surface area contributed by atoms with Crippen LogP contribution in [0.15, 0.2) is 47.4 Å². The number of aryl methyl sites for hydroxylation is 2. The highest BCUT2D eigenvalue weighted by molar-refractivity contribution is 7.89. The number of halogens is 1. The molecule has 0 fully saturated rings. The van der Waals surface area contributed by atoms with Crippen LogP contribution in [0.2, 0.25) is 5.02 Å². The smallest absolute Gasteiger partial charge is 0.243 e. The molecule has 146 valence electrons. The third-order valence-electron chi connectivity index (χ3n) is 4.38. The highest BCUT2D eigenvalue weighted by atomic mass is 35.5. The van der Waals surface area contributed by atoms with Gasteiger partial charge in [0.2, 0.25) is 15.9 Å². The van der Waals surface area contributed by atoms with Crippen molar-refractivity contribution in [3.8, 4) is 0 Å². The molecule has 0 aliphatic heterocycles. The predicted molar refractivity (Wildman–Crippen MR) is 108 cm³/mol. The first-order valence-corrected chi connectivity index (χ1v) is 10.6. The molecule has 2 rings (SSSR count). The number of hydrogen-bond acceptors (Lipinski definition) is 3.